The second-order valence-corrected chi connectivity index (χ2v) is 5.62. The highest BCUT2D eigenvalue weighted by molar-refractivity contribution is 6.00. The Labute approximate surface area is 127 Å². The van der Waals surface area contributed by atoms with Crippen LogP contribution in [0.3, 0.4) is 0 Å². The smallest absolute Gasteiger partial charge is 0.179 e. The number of nitrogens with one attached hydrogen (secondary N) is 2. The van der Waals surface area contributed by atoms with Crippen LogP contribution in [0.4, 0.5) is 5.69 Å². The number of nitrogens with zero attached hydrogens (tertiary/aromatic N) is 1. The lowest BCUT2D eigenvalue weighted by atomic mass is 10.0. The average Bonchev–Trinajstić information content (AvgIpc) is 2.98. The predicted octanol–water partition coefficient (Wildman–Crippen LogP) is 2.16. The van der Waals surface area contributed by atoms with Crippen LogP contribution in [0.5, 0.6) is 0 Å². The van der Waals surface area contributed by atoms with Crippen molar-refractivity contribution in [1.82, 2.24) is 10.2 Å². The molecule has 0 radical (unpaired) electrons. The number of hydrogen-bond acceptors (Lipinski definition) is 4. The number of Topliss-reactive ketones (excluding diaryl/α,β-unsaturated/α-hetero) is 1. The van der Waals surface area contributed by atoms with Crippen molar-refractivity contribution in [2.24, 2.45) is 0 Å². The molecule has 1 aliphatic heterocycles. The molecule has 0 aliphatic carbocycles. The Bertz CT molecular complexity index is 483. The number of anilines is 1. The first-order chi connectivity index (χ1) is 10.2. The van der Waals surface area contributed by atoms with Crippen molar-refractivity contribution in [3.63, 3.8) is 0 Å². The van der Waals surface area contributed by atoms with E-state index in [-0.39, 0.29) is 11.8 Å². The standard InChI is InChI=1S/C17H27N3O/c1-4-20(5-2)11-10-18-13(3)17(21)15-6-7-16-14(12-15)8-9-19-16/h6-7,12-13,18-19H,4-5,8-11H2,1-3H3. The van der Waals surface area contributed by atoms with Crippen LogP contribution in [0.15, 0.2) is 18.2 Å². The molecule has 0 bridgehead atoms. The van der Waals surface area contributed by atoms with Gasteiger partial charge in [0.05, 0.1) is 6.04 Å². The fraction of sp³-hybridized carbons (Fsp3) is 0.588. The van der Waals surface area contributed by atoms with Crippen molar-refractivity contribution in [1.29, 1.82) is 0 Å². The zero-order chi connectivity index (χ0) is 15.2. The second kappa shape index (κ2) is 7.57. The molecule has 4 nitrogen and oxygen atoms in total. The summed E-state index contributed by atoms with van der Waals surface area (Å²) >= 11 is 0. The quantitative estimate of drug-likeness (QED) is 0.720. The Morgan fingerprint density at radius 2 is 2.14 bits per heavy atom. The van der Waals surface area contributed by atoms with Crippen molar-refractivity contribution < 1.29 is 4.79 Å². The zero-order valence-corrected chi connectivity index (χ0v) is 13.4. The van der Waals surface area contributed by atoms with Crippen molar-refractivity contribution in [2.45, 2.75) is 33.2 Å². The SMILES string of the molecule is CCN(CC)CCNC(C)C(=O)c1ccc2c(c1)CCN2. The Morgan fingerprint density at radius 3 is 2.86 bits per heavy atom. The van der Waals surface area contributed by atoms with Gasteiger partial charge in [0.1, 0.15) is 0 Å². The number of hydrogen-bond donors (Lipinski definition) is 2. The van der Waals surface area contributed by atoms with Crippen molar-refractivity contribution in [2.75, 3.05) is 38.0 Å². The first-order valence-corrected chi connectivity index (χ1v) is 8.02. The molecule has 1 atom stereocenters. The van der Waals surface area contributed by atoms with Crippen LogP contribution in [0.2, 0.25) is 0 Å². The van der Waals surface area contributed by atoms with Crippen LogP contribution in [0.1, 0.15) is 36.7 Å². The van der Waals surface area contributed by atoms with E-state index in [1.807, 2.05) is 25.1 Å². The first-order valence-electron chi connectivity index (χ1n) is 8.02. The van der Waals surface area contributed by atoms with E-state index in [1.165, 1.54) is 11.3 Å². The summed E-state index contributed by atoms with van der Waals surface area (Å²) in [6.07, 6.45) is 1.01. The maximum absolute atomic E-state index is 12.5. The maximum Gasteiger partial charge on any atom is 0.179 e. The van der Waals surface area contributed by atoms with Gasteiger partial charge >= 0.3 is 0 Å². The summed E-state index contributed by atoms with van der Waals surface area (Å²) in [7, 11) is 0. The second-order valence-electron chi connectivity index (χ2n) is 5.62. The molecule has 4 heteroatoms. The number of ketones is 1. The molecule has 0 saturated carbocycles. The minimum absolute atomic E-state index is 0.132. The van der Waals surface area contributed by atoms with Crippen LogP contribution in [0.25, 0.3) is 0 Å². The van der Waals surface area contributed by atoms with Gasteiger partial charge in [0.15, 0.2) is 5.78 Å². The van der Waals surface area contributed by atoms with Crippen LogP contribution in [-0.4, -0.2) is 49.4 Å². The molecule has 2 rings (SSSR count). The molecule has 1 aromatic carbocycles. The summed E-state index contributed by atoms with van der Waals surface area (Å²) < 4.78 is 0. The summed E-state index contributed by atoms with van der Waals surface area (Å²) in [5, 5.41) is 6.66. The highest BCUT2D eigenvalue weighted by Gasteiger charge is 2.17. The molecule has 0 fully saturated rings. The van der Waals surface area contributed by atoms with Crippen LogP contribution >= 0.6 is 0 Å². The third kappa shape index (κ3) is 4.05. The number of benzene rings is 1. The summed E-state index contributed by atoms with van der Waals surface area (Å²) in [5.41, 5.74) is 3.25. The van der Waals surface area contributed by atoms with Gasteiger partial charge in [0.25, 0.3) is 0 Å². The summed E-state index contributed by atoms with van der Waals surface area (Å²) in [5.74, 6) is 0.184. The fourth-order valence-corrected chi connectivity index (χ4v) is 2.78. The van der Waals surface area contributed by atoms with E-state index in [4.69, 9.17) is 0 Å². The molecular weight excluding hydrogens is 262 g/mol. The van der Waals surface area contributed by atoms with Gasteiger partial charge in [-0.3, -0.25) is 4.79 Å². The third-order valence-corrected chi connectivity index (χ3v) is 4.27. The Kier molecular flexibility index (Phi) is 5.76. The lowest BCUT2D eigenvalue weighted by molar-refractivity contribution is 0.0949. The molecule has 0 aromatic heterocycles. The first kappa shape index (κ1) is 16.0. The average molecular weight is 289 g/mol. The number of carbonyl (C=O) groups excluding carboxylic acids is 1. The highest BCUT2D eigenvalue weighted by Crippen LogP contribution is 2.23. The van der Waals surface area contributed by atoms with E-state index in [0.717, 1.165) is 44.7 Å². The van der Waals surface area contributed by atoms with Crippen LogP contribution < -0.4 is 10.6 Å². The molecule has 1 aromatic rings. The Balaban J connectivity index is 1.87. The van der Waals surface area contributed by atoms with Gasteiger partial charge in [0, 0.05) is 30.9 Å². The number of carbonyl (C=O) groups is 1. The molecule has 0 amide bonds. The number of fused-ring (bicyclic) bond motifs is 1. The molecule has 1 aliphatic rings. The predicted molar refractivity (Wildman–Crippen MR) is 88.2 cm³/mol. The van der Waals surface area contributed by atoms with Gasteiger partial charge < -0.3 is 15.5 Å². The van der Waals surface area contributed by atoms with Crippen LogP contribution in [0, 0.1) is 0 Å². The highest BCUT2D eigenvalue weighted by atomic mass is 16.1. The molecule has 21 heavy (non-hydrogen) atoms. The molecule has 0 spiro atoms. The van der Waals surface area contributed by atoms with E-state index in [1.54, 1.807) is 0 Å². The maximum atomic E-state index is 12.5. The molecule has 2 N–H and O–H groups in total. The molecule has 1 unspecified atom stereocenters. The minimum atomic E-state index is -0.132. The topological polar surface area (TPSA) is 44.4 Å². The summed E-state index contributed by atoms with van der Waals surface area (Å²) in [4.78, 5) is 14.8. The lowest BCUT2D eigenvalue weighted by Gasteiger charge is -2.20. The van der Waals surface area contributed by atoms with E-state index >= 15 is 0 Å². The molecular formula is C17H27N3O. The molecule has 1 heterocycles. The van der Waals surface area contributed by atoms with Crippen molar-refractivity contribution in [3.05, 3.63) is 29.3 Å². The normalized spacial score (nSPS) is 14.9. The van der Waals surface area contributed by atoms with Crippen LogP contribution in [-0.2, 0) is 6.42 Å². The Morgan fingerprint density at radius 1 is 1.38 bits per heavy atom. The van der Waals surface area contributed by atoms with Gasteiger partial charge in [-0.25, -0.2) is 0 Å². The number of rotatable bonds is 8. The van der Waals surface area contributed by atoms with E-state index in [0.29, 0.717) is 0 Å². The third-order valence-electron chi connectivity index (χ3n) is 4.27. The summed E-state index contributed by atoms with van der Waals surface area (Å²) in [6.45, 7) is 11.2. The van der Waals surface area contributed by atoms with E-state index in [9.17, 15) is 4.79 Å². The van der Waals surface area contributed by atoms with Gasteiger partial charge in [-0.05, 0) is 50.2 Å². The fourth-order valence-electron chi connectivity index (χ4n) is 2.78. The van der Waals surface area contributed by atoms with Gasteiger partial charge in [0.2, 0.25) is 0 Å². The monoisotopic (exact) mass is 289 g/mol. The van der Waals surface area contributed by atoms with Crippen molar-refractivity contribution >= 4 is 11.5 Å². The van der Waals surface area contributed by atoms with E-state index < -0.39 is 0 Å². The van der Waals surface area contributed by atoms with E-state index in [2.05, 4.69) is 29.4 Å². The van der Waals surface area contributed by atoms with Crippen molar-refractivity contribution in [3.8, 4) is 0 Å². The largest absolute Gasteiger partial charge is 0.384 e. The lowest BCUT2D eigenvalue weighted by Crippen LogP contribution is -2.39. The van der Waals surface area contributed by atoms with Gasteiger partial charge in [-0.1, -0.05) is 13.8 Å². The molecule has 116 valence electrons. The Hall–Kier alpha value is -1.39. The van der Waals surface area contributed by atoms with Gasteiger partial charge in [-0.15, -0.1) is 0 Å². The van der Waals surface area contributed by atoms with Gasteiger partial charge in [-0.2, -0.15) is 0 Å². The minimum Gasteiger partial charge on any atom is -0.384 e. The zero-order valence-electron chi connectivity index (χ0n) is 13.4. The summed E-state index contributed by atoms with van der Waals surface area (Å²) in [6, 6.07) is 5.87. The molecule has 0 saturated heterocycles. The number of likely N-dealkylation sites (N-methyl/N-ethyl adjacent to an activating group) is 1.